The van der Waals surface area contributed by atoms with Crippen LogP contribution in [0, 0.1) is 20.8 Å². The van der Waals surface area contributed by atoms with Crippen LogP contribution in [0.2, 0.25) is 0 Å². The lowest BCUT2D eigenvalue weighted by molar-refractivity contribution is -0.140. The van der Waals surface area contributed by atoms with Crippen LogP contribution in [0.3, 0.4) is 0 Å². The van der Waals surface area contributed by atoms with E-state index in [0.717, 1.165) is 22.4 Å². The van der Waals surface area contributed by atoms with Gasteiger partial charge >= 0.3 is 0 Å². The molecule has 3 aromatic rings. The van der Waals surface area contributed by atoms with Crippen molar-refractivity contribution < 1.29 is 9.59 Å². The van der Waals surface area contributed by atoms with Crippen molar-refractivity contribution in [2.45, 2.75) is 71.8 Å². The maximum atomic E-state index is 13.8. The predicted molar refractivity (Wildman–Crippen MR) is 156 cm³/mol. The number of aryl methyl sites for hydroxylation is 3. The number of rotatable bonds is 10. The summed E-state index contributed by atoms with van der Waals surface area (Å²) in [6, 6.07) is 24.0. The summed E-state index contributed by atoms with van der Waals surface area (Å²) < 4.78 is 0. The highest BCUT2D eigenvalue weighted by molar-refractivity contribution is 7.99. The number of carbonyl (C=O) groups excluding carboxylic acids is 2. The molecule has 0 radical (unpaired) electrons. The fourth-order valence-electron chi connectivity index (χ4n) is 4.39. The van der Waals surface area contributed by atoms with Crippen LogP contribution in [0.4, 0.5) is 0 Å². The second-order valence-corrected chi connectivity index (χ2v) is 11.9. The summed E-state index contributed by atoms with van der Waals surface area (Å²) in [6.07, 6.45) is 0.460. The quantitative estimate of drug-likeness (QED) is 0.339. The van der Waals surface area contributed by atoms with Crippen LogP contribution in [0.1, 0.15) is 54.2 Å². The van der Waals surface area contributed by atoms with Crippen LogP contribution < -0.4 is 5.32 Å². The molecule has 0 saturated heterocycles. The summed E-state index contributed by atoms with van der Waals surface area (Å²) in [5, 5.41) is 3.12. The smallest absolute Gasteiger partial charge is 0.243 e. The van der Waals surface area contributed by atoms with Crippen molar-refractivity contribution in [2.24, 2.45) is 0 Å². The molecule has 5 heteroatoms. The van der Waals surface area contributed by atoms with Crippen molar-refractivity contribution in [3.05, 3.63) is 106 Å². The molecular weight excluding hydrogens is 476 g/mol. The molecule has 0 bridgehead atoms. The van der Waals surface area contributed by atoms with Gasteiger partial charge in [0.1, 0.15) is 6.04 Å². The molecule has 2 amide bonds. The largest absolute Gasteiger partial charge is 0.350 e. The van der Waals surface area contributed by atoms with E-state index < -0.39 is 11.6 Å². The molecule has 0 aliphatic carbocycles. The van der Waals surface area contributed by atoms with Crippen molar-refractivity contribution in [3.8, 4) is 0 Å². The Labute approximate surface area is 226 Å². The fraction of sp³-hybridized carbons (Fsp3) is 0.375. The van der Waals surface area contributed by atoms with Crippen LogP contribution in [0.5, 0.6) is 0 Å². The van der Waals surface area contributed by atoms with E-state index in [1.54, 1.807) is 16.7 Å². The van der Waals surface area contributed by atoms with Crippen LogP contribution in [0.25, 0.3) is 0 Å². The van der Waals surface area contributed by atoms with E-state index >= 15 is 0 Å². The first kappa shape index (κ1) is 28.5. The summed E-state index contributed by atoms with van der Waals surface area (Å²) in [5.41, 5.74) is 6.47. The molecule has 1 N–H and O–H groups in total. The van der Waals surface area contributed by atoms with E-state index in [2.05, 4.69) is 37.4 Å². The Kier molecular flexibility index (Phi) is 9.99. The van der Waals surface area contributed by atoms with Crippen LogP contribution in [0.15, 0.2) is 72.8 Å². The normalized spacial score (nSPS) is 12.2. The Morgan fingerprint density at radius 2 is 1.43 bits per heavy atom. The lowest BCUT2D eigenvalue weighted by Gasteiger charge is -2.34. The Balaban J connectivity index is 1.87. The molecular formula is C32H40N2O2S. The summed E-state index contributed by atoms with van der Waals surface area (Å²) in [5.74, 6) is 0.910. The molecule has 37 heavy (non-hydrogen) atoms. The van der Waals surface area contributed by atoms with E-state index in [0.29, 0.717) is 18.7 Å². The Hall–Kier alpha value is -3.05. The highest BCUT2D eigenvalue weighted by Gasteiger charge is 2.32. The van der Waals surface area contributed by atoms with E-state index in [1.807, 2.05) is 82.3 Å². The predicted octanol–water partition coefficient (Wildman–Crippen LogP) is 6.40. The van der Waals surface area contributed by atoms with Gasteiger partial charge in [0.05, 0.1) is 5.75 Å². The van der Waals surface area contributed by atoms with Gasteiger partial charge in [-0.15, -0.1) is 11.8 Å². The maximum absolute atomic E-state index is 13.8. The van der Waals surface area contributed by atoms with E-state index in [9.17, 15) is 9.59 Å². The standard InChI is InChI=1S/C32H40N2O2S/c1-23-12-14-27(15-13-23)20-34(30(35)22-37-21-28-17-24(2)16-25(3)18-28)29(31(36)33-32(4,5)6)19-26-10-8-7-9-11-26/h7-18,29H,19-22H2,1-6H3,(H,33,36). The number of carbonyl (C=O) groups is 2. The molecule has 1 atom stereocenters. The molecule has 0 aromatic heterocycles. The van der Waals surface area contributed by atoms with Crippen LogP contribution in [-0.2, 0) is 28.3 Å². The summed E-state index contributed by atoms with van der Waals surface area (Å²) in [4.78, 5) is 29.1. The first-order valence-corrected chi connectivity index (χ1v) is 14.0. The third-order valence-corrected chi connectivity index (χ3v) is 7.01. The maximum Gasteiger partial charge on any atom is 0.243 e. The minimum atomic E-state index is -0.614. The molecule has 0 aliphatic heterocycles. The van der Waals surface area contributed by atoms with Gasteiger partial charge in [-0.25, -0.2) is 0 Å². The highest BCUT2D eigenvalue weighted by Crippen LogP contribution is 2.20. The van der Waals surface area contributed by atoms with Crippen molar-refractivity contribution in [2.75, 3.05) is 5.75 Å². The van der Waals surface area contributed by atoms with E-state index in [4.69, 9.17) is 0 Å². The third-order valence-electron chi connectivity index (χ3n) is 6.02. The monoisotopic (exact) mass is 516 g/mol. The van der Waals surface area contributed by atoms with Crippen LogP contribution >= 0.6 is 11.8 Å². The fourth-order valence-corrected chi connectivity index (χ4v) is 5.23. The van der Waals surface area contributed by atoms with E-state index in [-0.39, 0.29) is 11.8 Å². The van der Waals surface area contributed by atoms with E-state index in [1.165, 1.54) is 16.7 Å². The number of hydrogen-bond acceptors (Lipinski definition) is 3. The van der Waals surface area contributed by atoms with Gasteiger partial charge in [-0.05, 0) is 58.2 Å². The van der Waals surface area contributed by atoms with Gasteiger partial charge in [-0.3, -0.25) is 9.59 Å². The number of benzene rings is 3. The summed E-state index contributed by atoms with van der Waals surface area (Å²) >= 11 is 1.60. The molecule has 0 heterocycles. The number of amides is 2. The molecule has 0 aliphatic rings. The number of nitrogens with one attached hydrogen (secondary N) is 1. The average Bonchev–Trinajstić information content (AvgIpc) is 2.81. The number of nitrogens with zero attached hydrogens (tertiary/aromatic N) is 1. The Bertz CT molecular complexity index is 1160. The number of thioether (sulfide) groups is 1. The van der Waals surface area contributed by atoms with Crippen molar-refractivity contribution in [1.82, 2.24) is 10.2 Å². The van der Waals surface area contributed by atoms with Crippen molar-refractivity contribution >= 4 is 23.6 Å². The molecule has 0 saturated carbocycles. The lowest BCUT2D eigenvalue weighted by Crippen LogP contribution is -2.54. The lowest BCUT2D eigenvalue weighted by atomic mass is 10.0. The molecule has 0 spiro atoms. The molecule has 196 valence electrons. The van der Waals surface area contributed by atoms with Gasteiger partial charge < -0.3 is 10.2 Å². The third kappa shape index (κ3) is 9.40. The topological polar surface area (TPSA) is 49.4 Å². The number of hydrogen-bond donors (Lipinski definition) is 1. The Morgan fingerprint density at radius 3 is 2.03 bits per heavy atom. The van der Waals surface area contributed by atoms with Crippen LogP contribution in [-0.4, -0.2) is 34.0 Å². The highest BCUT2D eigenvalue weighted by atomic mass is 32.2. The van der Waals surface area contributed by atoms with Gasteiger partial charge in [0.2, 0.25) is 11.8 Å². The first-order chi connectivity index (χ1) is 17.5. The minimum absolute atomic E-state index is 0.0278. The second kappa shape index (κ2) is 13.0. The zero-order chi connectivity index (χ0) is 27.0. The zero-order valence-corrected chi connectivity index (χ0v) is 23.8. The van der Waals surface area contributed by atoms with Crippen molar-refractivity contribution in [1.29, 1.82) is 0 Å². The SMILES string of the molecule is Cc1ccc(CN(C(=O)CSCc2cc(C)cc(C)c2)C(Cc2ccccc2)C(=O)NC(C)(C)C)cc1. The molecule has 1 unspecified atom stereocenters. The summed E-state index contributed by atoms with van der Waals surface area (Å²) in [6.45, 7) is 12.5. The molecule has 3 rings (SSSR count). The average molecular weight is 517 g/mol. The molecule has 0 fully saturated rings. The molecule has 3 aromatic carbocycles. The Morgan fingerprint density at radius 1 is 0.811 bits per heavy atom. The van der Waals surface area contributed by atoms with Gasteiger partial charge in [0, 0.05) is 24.3 Å². The first-order valence-electron chi connectivity index (χ1n) is 12.9. The van der Waals surface area contributed by atoms with Gasteiger partial charge in [-0.1, -0.05) is 89.5 Å². The summed E-state index contributed by atoms with van der Waals surface area (Å²) in [7, 11) is 0. The van der Waals surface area contributed by atoms with Gasteiger partial charge in [0.15, 0.2) is 0 Å². The molecule has 4 nitrogen and oxygen atoms in total. The minimum Gasteiger partial charge on any atom is -0.350 e. The zero-order valence-electron chi connectivity index (χ0n) is 23.0. The van der Waals surface area contributed by atoms with Gasteiger partial charge in [-0.2, -0.15) is 0 Å². The van der Waals surface area contributed by atoms with Gasteiger partial charge in [0.25, 0.3) is 0 Å². The second-order valence-electron chi connectivity index (χ2n) is 10.9. The van der Waals surface area contributed by atoms with Crippen molar-refractivity contribution in [3.63, 3.8) is 0 Å².